The van der Waals surface area contributed by atoms with Crippen LogP contribution in [0.3, 0.4) is 0 Å². The molecule has 0 fully saturated rings. The van der Waals surface area contributed by atoms with E-state index in [1.165, 1.54) is 16.7 Å². The maximum absolute atomic E-state index is 4.78. The largest absolute Gasteiger partial charge is 0.234 e. The first-order chi connectivity index (χ1) is 12.7. The van der Waals surface area contributed by atoms with Crippen LogP contribution in [0, 0.1) is 6.92 Å². The lowest BCUT2D eigenvalue weighted by Gasteiger charge is -2.20. The molecular weight excluding hydrogens is 316 g/mol. The van der Waals surface area contributed by atoms with Crippen LogP contribution in [0.1, 0.15) is 36.1 Å². The van der Waals surface area contributed by atoms with Gasteiger partial charge in [0.25, 0.3) is 0 Å². The summed E-state index contributed by atoms with van der Waals surface area (Å²) in [5, 5.41) is 6.78. The Morgan fingerprint density at radius 3 is 1.58 bits per heavy atom. The average Bonchev–Trinajstić information content (AvgIpc) is 2.70. The molecule has 0 aliphatic rings. The van der Waals surface area contributed by atoms with Gasteiger partial charge in [-0.05, 0) is 60.7 Å². The van der Waals surface area contributed by atoms with Crippen molar-refractivity contribution in [2.24, 2.45) is 5.10 Å². The van der Waals surface area contributed by atoms with E-state index in [1.807, 2.05) is 11.2 Å². The Balaban J connectivity index is 1.95. The summed E-state index contributed by atoms with van der Waals surface area (Å²) < 4.78 is 0. The van der Waals surface area contributed by atoms with Gasteiger partial charge in [0.05, 0.1) is 17.6 Å². The van der Waals surface area contributed by atoms with Crippen molar-refractivity contribution in [2.75, 3.05) is 5.01 Å². The van der Waals surface area contributed by atoms with Crippen LogP contribution in [0.15, 0.2) is 77.9 Å². The fourth-order valence-corrected chi connectivity index (χ4v) is 2.81. The molecule has 0 saturated heterocycles. The predicted molar refractivity (Wildman–Crippen MR) is 113 cm³/mol. The zero-order valence-electron chi connectivity index (χ0n) is 15.8. The summed E-state index contributed by atoms with van der Waals surface area (Å²) in [5.41, 5.74) is 7.14. The minimum Gasteiger partial charge on any atom is -0.234 e. The number of nitrogens with zero attached hydrogens (tertiary/aromatic N) is 2. The van der Waals surface area contributed by atoms with E-state index >= 15 is 0 Å². The number of anilines is 2. The topological polar surface area (TPSA) is 15.6 Å². The van der Waals surface area contributed by atoms with E-state index in [2.05, 4.69) is 93.6 Å². The molecule has 2 nitrogen and oxygen atoms in total. The normalized spacial score (nSPS) is 11.0. The number of hydrazone groups is 1. The summed E-state index contributed by atoms with van der Waals surface area (Å²) in [6.07, 6.45) is 4.00. The highest BCUT2D eigenvalue weighted by molar-refractivity contribution is 5.81. The highest BCUT2D eigenvalue weighted by atomic mass is 15.5. The molecular formula is C24H26N2. The standard InChI is InChI=1S/C24H26N2/c1-4-20-10-14-23(15-11-20)26(24-16-12-21(5-2)13-17-24)25-18-22-8-6-19(3)7-9-22/h6-18H,4-5H2,1-3H3/b25-18-. The van der Waals surface area contributed by atoms with Gasteiger partial charge in [-0.25, -0.2) is 5.01 Å². The van der Waals surface area contributed by atoms with Crippen LogP contribution in [-0.4, -0.2) is 6.21 Å². The molecule has 0 aliphatic heterocycles. The highest BCUT2D eigenvalue weighted by Crippen LogP contribution is 2.27. The van der Waals surface area contributed by atoms with E-state index < -0.39 is 0 Å². The lowest BCUT2D eigenvalue weighted by Crippen LogP contribution is -2.09. The van der Waals surface area contributed by atoms with Gasteiger partial charge in [-0.3, -0.25) is 0 Å². The number of rotatable bonds is 6. The third-order valence-corrected chi connectivity index (χ3v) is 4.58. The van der Waals surface area contributed by atoms with Gasteiger partial charge in [0.2, 0.25) is 0 Å². The van der Waals surface area contributed by atoms with Crippen LogP contribution < -0.4 is 5.01 Å². The first-order valence-corrected chi connectivity index (χ1v) is 9.28. The molecule has 0 bridgehead atoms. The Bertz CT molecular complexity index is 797. The van der Waals surface area contributed by atoms with Crippen LogP contribution in [0.5, 0.6) is 0 Å². The summed E-state index contributed by atoms with van der Waals surface area (Å²) >= 11 is 0. The van der Waals surface area contributed by atoms with Crippen molar-refractivity contribution in [3.63, 3.8) is 0 Å². The number of hydrogen-bond acceptors (Lipinski definition) is 2. The number of hydrogen-bond donors (Lipinski definition) is 0. The molecule has 0 amide bonds. The van der Waals surface area contributed by atoms with Gasteiger partial charge in [-0.1, -0.05) is 67.9 Å². The van der Waals surface area contributed by atoms with Crippen LogP contribution in [0.4, 0.5) is 11.4 Å². The Labute approximate surface area is 156 Å². The molecule has 0 spiro atoms. The first kappa shape index (κ1) is 17.9. The predicted octanol–water partition coefficient (Wildman–Crippen LogP) is 6.29. The molecule has 0 heterocycles. The zero-order valence-corrected chi connectivity index (χ0v) is 15.8. The van der Waals surface area contributed by atoms with Crippen molar-refractivity contribution in [3.05, 3.63) is 95.1 Å². The van der Waals surface area contributed by atoms with E-state index in [1.54, 1.807) is 0 Å². The fourth-order valence-electron chi connectivity index (χ4n) is 2.81. The van der Waals surface area contributed by atoms with Crippen LogP contribution in [0.25, 0.3) is 0 Å². The molecule has 132 valence electrons. The van der Waals surface area contributed by atoms with E-state index in [0.717, 1.165) is 29.8 Å². The summed E-state index contributed by atoms with van der Waals surface area (Å²) in [4.78, 5) is 0. The lowest BCUT2D eigenvalue weighted by atomic mass is 10.1. The maximum atomic E-state index is 4.78. The second-order valence-electron chi connectivity index (χ2n) is 6.51. The number of benzene rings is 3. The van der Waals surface area contributed by atoms with Crippen molar-refractivity contribution >= 4 is 17.6 Å². The van der Waals surface area contributed by atoms with E-state index in [-0.39, 0.29) is 0 Å². The van der Waals surface area contributed by atoms with Crippen molar-refractivity contribution in [3.8, 4) is 0 Å². The van der Waals surface area contributed by atoms with Crippen LogP contribution >= 0.6 is 0 Å². The van der Waals surface area contributed by atoms with Gasteiger partial charge in [0, 0.05) is 0 Å². The minimum atomic E-state index is 1.04. The molecule has 3 aromatic rings. The molecule has 0 saturated carbocycles. The summed E-state index contributed by atoms with van der Waals surface area (Å²) in [6.45, 7) is 6.44. The van der Waals surface area contributed by atoms with Crippen LogP contribution in [0.2, 0.25) is 0 Å². The molecule has 2 heteroatoms. The van der Waals surface area contributed by atoms with Crippen molar-refractivity contribution in [2.45, 2.75) is 33.6 Å². The minimum absolute atomic E-state index is 1.04. The van der Waals surface area contributed by atoms with Gasteiger partial charge >= 0.3 is 0 Å². The summed E-state index contributed by atoms with van der Waals surface area (Å²) in [5.74, 6) is 0. The second-order valence-corrected chi connectivity index (χ2v) is 6.51. The monoisotopic (exact) mass is 342 g/mol. The zero-order chi connectivity index (χ0) is 18.4. The maximum Gasteiger partial charge on any atom is 0.0652 e. The smallest absolute Gasteiger partial charge is 0.0652 e. The molecule has 0 atom stereocenters. The molecule has 0 radical (unpaired) electrons. The highest BCUT2D eigenvalue weighted by Gasteiger charge is 2.08. The molecule has 0 N–H and O–H groups in total. The van der Waals surface area contributed by atoms with E-state index in [0.29, 0.717) is 0 Å². The number of aryl methyl sites for hydroxylation is 3. The molecule has 0 unspecified atom stereocenters. The van der Waals surface area contributed by atoms with Crippen LogP contribution in [-0.2, 0) is 12.8 Å². The molecule has 0 aliphatic carbocycles. The molecule has 3 aromatic carbocycles. The first-order valence-electron chi connectivity index (χ1n) is 9.28. The fraction of sp³-hybridized carbons (Fsp3) is 0.208. The Morgan fingerprint density at radius 2 is 1.15 bits per heavy atom. The summed E-state index contributed by atoms with van der Waals surface area (Å²) in [7, 11) is 0. The summed E-state index contributed by atoms with van der Waals surface area (Å²) in [6, 6.07) is 25.6. The van der Waals surface area contributed by atoms with Gasteiger partial charge < -0.3 is 0 Å². The second kappa shape index (κ2) is 8.48. The van der Waals surface area contributed by atoms with E-state index in [4.69, 9.17) is 5.10 Å². The van der Waals surface area contributed by atoms with E-state index in [9.17, 15) is 0 Å². The SMILES string of the molecule is CCc1ccc(N(/N=C\c2ccc(C)cc2)c2ccc(CC)cc2)cc1. The Hall–Kier alpha value is -2.87. The van der Waals surface area contributed by atoms with Gasteiger partial charge in [0.15, 0.2) is 0 Å². The lowest BCUT2D eigenvalue weighted by molar-refractivity contribution is 1.07. The quantitative estimate of drug-likeness (QED) is 0.379. The third-order valence-electron chi connectivity index (χ3n) is 4.58. The Morgan fingerprint density at radius 1 is 0.692 bits per heavy atom. The molecule has 0 aromatic heterocycles. The van der Waals surface area contributed by atoms with Crippen molar-refractivity contribution < 1.29 is 0 Å². The van der Waals surface area contributed by atoms with Gasteiger partial charge in [-0.15, -0.1) is 0 Å². The van der Waals surface area contributed by atoms with Crippen molar-refractivity contribution in [1.29, 1.82) is 0 Å². The van der Waals surface area contributed by atoms with Gasteiger partial charge in [-0.2, -0.15) is 5.10 Å². The third kappa shape index (κ3) is 4.40. The Kier molecular flexibility index (Phi) is 5.85. The van der Waals surface area contributed by atoms with Gasteiger partial charge in [0.1, 0.15) is 0 Å². The average molecular weight is 342 g/mol. The molecule has 26 heavy (non-hydrogen) atoms. The van der Waals surface area contributed by atoms with Crippen molar-refractivity contribution in [1.82, 2.24) is 0 Å². The molecule has 3 rings (SSSR count).